The molecule has 1 aromatic carbocycles. The number of aryl methyl sites for hydroxylation is 1. The third-order valence-electron chi connectivity index (χ3n) is 3.08. The Morgan fingerprint density at radius 3 is 2.71 bits per heavy atom. The van der Waals surface area contributed by atoms with Crippen LogP contribution in [0.1, 0.15) is 33.3 Å². The number of nitrogens with one attached hydrogen (secondary N) is 1. The molecule has 3 nitrogen and oxygen atoms in total. The molecule has 0 aliphatic heterocycles. The Bertz CT molecular complexity index is 747. The first kappa shape index (κ1) is 15.8. The van der Waals surface area contributed by atoms with Crippen LogP contribution in [-0.4, -0.2) is 5.91 Å². The zero-order valence-electron chi connectivity index (χ0n) is 11.5. The van der Waals surface area contributed by atoms with Gasteiger partial charge in [0.1, 0.15) is 11.1 Å². The van der Waals surface area contributed by atoms with Crippen LogP contribution in [-0.2, 0) is 6.42 Å². The Labute approximate surface area is 137 Å². The Hall–Kier alpha value is -1.54. The fraction of sp³-hybridized carbons (Fsp3) is 0.200. The molecule has 0 unspecified atom stereocenters. The minimum atomic E-state index is -0.350. The van der Waals surface area contributed by atoms with Gasteiger partial charge in [0.05, 0.1) is 16.1 Å². The van der Waals surface area contributed by atoms with Crippen LogP contribution >= 0.6 is 34.5 Å². The number of carbonyl (C=O) groups excluding carboxylic acids is 1. The summed E-state index contributed by atoms with van der Waals surface area (Å²) in [4.78, 5) is 13.3. The number of thiophene rings is 1. The molecule has 0 aliphatic carbocycles. The molecule has 0 saturated heterocycles. The largest absolute Gasteiger partial charge is 0.312 e. The van der Waals surface area contributed by atoms with Gasteiger partial charge in [-0.05, 0) is 37.1 Å². The van der Waals surface area contributed by atoms with Crippen LogP contribution in [0.25, 0.3) is 0 Å². The maximum Gasteiger partial charge on any atom is 0.257 e. The van der Waals surface area contributed by atoms with Crippen LogP contribution in [0.5, 0.6) is 0 Å². The number of carbonyl (C=O) groups is 1. The van der Waals surface area contributed by atoms with E-state index in [4.69, 9.17) is 23.2 Å². The van der Waals surface area contributed by atoms with Crippen molar-refractivity contribution in [3.63, 3.8) is 0 Å². The summed E-state index contributed by atoms with van der Waals surface area (Å²) in [6.07, 6.45) is 0.753. The van der Waals surface area contributed by atoms with Gasteiger partial charge in [-0.3, -0.25) is 4.79 Å². The Kier molecular flexibility index (Phi) is 4.89. The van der Waals surface area contributed by atoms with Gasteiger partial charge in [-0.2, -0.15) is 5.26 Å². The lowest BCUT2D eigenvalue weighted by Crippen LogP contribution is -2.12. The predicted octanol–water partition coefficient (Wildman–Crippen LogP) is 5.05. The molecule has 1 N–H and O–H groups in total. The number of hydrogen-bond acceptors (Lipinski definition) is 3. The Balaban J connectivity index is 2.34. The van der Waals surface area contributed by atoms with Crippen molar-refractivity contribution >= 4 is 45.4 Å². The monoisotopic (exact) mass is 338 g/mol. The van der Waals surface area contributed by atoms with Crippen molar-refractivity contribution in [1.29, 1.82) is 5.26 Å². The first-order valence-corrected chi connectivity index (χ1v) is 7.84. The second kappa shape index (κ2) is 6.48. The molecule has 0 spiro atoms. The van der Waals surface area contributed by atoms with E-state index in [1.165, 1.54) is 17.4 Å². The molecule has 0 bridgehead atoms. The number of hydrogen-bond donors (Lipinski definition) is 1. The van der Waals surface area contributed by atoms with Gasteiger partial charge in [0, 0.05) is 9.90 Å². The Morgan fingerprint density at radius 1 is 1.43 bits per heavy atom. The van der Waals surface area contributed by atoms with E-state index in [0.717, 1.165) is 16.9 Å². The van der Waals surface area contributed by atoms with E-state index in [1.54, 1.807) is 12.1 Å². The standard InChI is InChI=1S/C15H12Cl2N2OS/c1-3-10-8(2)21-15(12(10)7-18)19-14(20)11-5-4-9(16)6-13(11)17/h4-6H,3H2,1-2H3,(H,19,20). The van der Waals surface area contributed by atoms with Crippen LogP contribution in [0.15, 0.2) is 18.2 Å². The molecule has 1 heterocycles. The van der Waals surface area contributed by atoms with Gasteiger partial charge in [-0.25, -0.2) is 0 Å². The van der Waals surface area contributed by atoms with Crippen molar-refractivity contribution in [2.45, 2.75) is 20.3 Å². The number of halogens is 2. The lowest BCUT2D eigenvalue weighted by atomic mass is 10.1. The summed E-state index contributed by atoms with van der Waals surface area (Å²) in [6.45, 7) is 3.92. The fourth-order valence-corrected chi connectivity index (χ4v) is 3.64. The molecule has 21 heavy (non-hydrogen) atoms. The van der Waals surface area contributed by atoms with E-state index < -0.39 is 0 Å². The minimum Gasteiger partial charge on any atom is -0.312 e. The molecule has 2 rings (SSSR count). The molecule has 0 aliphatic rings. The van der Waals surface area contributed by atoms with Gasteiger partial charge in [-0.15, -0.1) is 11.3 Å². The van der Waals surface area contributed by atoms with E-state index in [2.05, 4.69) is 11.4 Å². The molecular formula is C15H12Cl2N2OS. The lowest BCUT2D eigenvalue weighted by Gasteiger charge is -2.06. The predicted molar refractivity (Wildman–Crippen MR) is 87.6 cm³/mol. The van der Waals surface area contributed by atoms with Gasteiger partial charge >= 0.3 is 0 Å². The average Bonchev–Trinajstić information content (AvgIpc) is 2.73. The molecule has 2 aromatic rings. The van der Waals surface area contributed by atoms with Crippen LogP contribution < -0.4 is 5.32 Å². The summed E-state index contributed by atoms with van der Waals surface area (Å²) in [5.41, 5.74) is 1.83. The number of nitrogens with zero attached hydrogens (tertiary/aromatic N) is 1. The summed E-state index contributed by atoms with van der Waals surface area (Å²) in [5.74, 6) is -0.350. The molecule has 1 aromatic heterocycles. The number of amides is 1. The second-order valence-corrected chi connectivity index (χ2v) is 6.45. The highest BCUT2D eigenvalue weighted by molar-refractivity contribution is 7.16. The molecule has 6 heteroatoms. The lowest BCUT2D eigenvalue weighted by molar-refractivity contribution is 0.102. The third-order valence-corrected chi connectivity index (χ3v) is 4.69. The van der Waals surface area contributed by atoms with Gasteiger partial charge in [-0.1, -0.05) is 30.1 Å². The van der Waals surface area contributed by atoms with E-state index in [0.29, 0.717) is 21.2 Å². The van der Waals surface area contributed by atoms with Gasteiger partial charge in [0.15, 0.2) is 0 Å². The highest BCUT2D eigenvalue weighted by atomic mass is 35.5. The molecule has 108 valence electrons. The minimum absolute atomic E-state index is 0.280. The smallest absolute Gasteiger partial charge is 0.257 e. The normalized spacial score (nSPS) is 10.2. The number of benzene rings is 1. The zero-order valence-corrected chi connectivity index (χ0v) is 13.8. The SMILES string of the molecule is CCc1c(C)sc(NC(=O)c2ccc(Cl)cc2Cl)c1C#N. The van der Waals surface area contributed by atoms with E-state index in [1.807, 2.05) is 13.8 Å². The summed E-state index contributed by atoms with van der Waals surface area (Å²) < 4.78 is 0. The van der Waals surface area contributed by atoms with Gasteiger partial charge in [0.2, 0.25) is 0 Å². The van der Waals surface area contributed by atoms with Gasteiger partial charge in [0.25, 0.3) is 5.91 Å². The van der Waals surface area contributed by atoms with Crippen molar-refractivity contribution in [1.82, 2.24) is 0 Å². The number of nitriles is 1. The maximum atomic E-state index is 12.3. The first-order chi connectivity index (χ1) is 9.97. The molecule has 1 amide bonds. The van der Waals surface area contributed by atoms with Crippen molar-refractivity contribution in [2.24, 2.45) is 0 Å². The Morgan fingerprint density at radius 2 is 2.14 bits per heavy atom. The van der Waals surface area contributed by atoms with E-state index >= 15 is 0 Å². The van der Waals surface area contributed by atoms with Gasteiger partial charge < -0.3 is 5.32 Å². The summed E-state index contributed by atoms with van der Waals surface area (Å²) in [7, 11) is 0. The molecule has 0 atom stereocenters. The second-order valence-electron chi connectivity index (χ2n) is 4.38. The summed E-state index contributed by atoms with van der Waals surface area (Å²) >= 11 is 13.2. The summed E-state index contributed by atoms with van der Waals surface area (Å²) in [6, 6.07) is 6.84. The highest BCUT2D eigenvalue weighted by Crippen LogP contribution is 2.33. The van der Waals surface area contributed by atoms with Crippen LogP contribution in [0, 0.1) is 18.3 Å². The topological polar surface area (TPSA) is 52.9 Å². The fourth-order valence-electron chi connectivity index (χ4n) is 2.05. The first-order valence-electron chi connectivity index (χ1n) is 6.26. The van der Waals surface area contributed by atoms with Crippen molar-refractivity contribution < 1.29 is 4.79 Å². The van der Waals surface area contributed by atoms with Crippen molar-refractivity contribution in [2.75, 3.05) is 5.32 Å². The van der Waals surface area contributed by atoms with Crippen LogP contribution in [0.4, 0.5) is 5.00 Å². The van der Waals surface area contributed by atoms with E-state index in [-0.39, 0.29) is 10.9 Å². The molecular weight excluding hydrogens is 327 g/mol. The maximum absolute atomic E-state index is 12.3. The van der Waals surface area contributed by atoms with Crippen molar-refractivity contribution in [3.05, 3.63) is 49.8 Å². The average molecular weight is 339 g/mol. The highest BCUT2D eigenvalue weighted by Gasteiger charge is 2.18. The van der Waals surface area contributed by atoms with Crippen LogP contribution in [0.3, 0.4) is 0 Å². The van der Waals surface area contributed by atoms with Crippen molar-refractivity contribution in [3.8, 4) is 6.07 Å². The zero-order chi connectivity index (χ0) is 15.6. The third kappa shape index (κ3) is 3.21. The molecule has 0 fully saturated rings. The van der Waals surface area contributed by atoms with Crippen LogP contribution in [0.2, 0.25) is 10.0 Å². The van der Waals surface area contributed by atoms with E-state index in [9.17, 15) is 10.1 Å². The molecule has 0 saturated carbocycles. The quantitative estimate of drug-likeness (QED) is 0.851. The molecule has 0 radical (unpaired) electrons. The summed E-state index contributed by atoms with van der Waals surface area (Å²) in [5, 5.41) is 13.3. The number of anilines is 1. The number of rotatable bonds is 3.